The SMILES string of the molecule is CCCCCCCCC1CCC(COC(=O)CCC(C)(c2ccc(O)cc2)c2ccc(O)cc2)C(CCCCCCCCOCC(=O)CCC(C)(c2ccc(O)cc2)c2ccc(O)cc2)C1COC. The molecule has 1 aliphatic rings. The van der Waals surface area contributed by atoms with Gasteiger partial charge in [-0.1, -0.05) is 146 Å². The first-order valence-corrected chi connectivity index (χ1v) is 26.3. The van der Waals surface area contributed by atoms with Crippen LogP contribution in [0.5, 0.6) is 23.0 Å². The molecule has 5 rings (SSSR count). The predicted molar refractivity (Wildman–Crippen MR) is 276 cm³/mol. The zero-order chi connectivity index (χ0) is 49.5. The Kier molecular flexibility index (Phi) is 22.9. The summed E-state index contributed by atoms with van der Waals surface area (Å²) in [5.41, 5.74) is 2.96. The molecule has 9 heteroatoms. The lowest BCUT2D eigenvalue weighted by molar-refractivity contribution is -0.147. The minimum absolute atomic E-state index is 0.0646. The van der Waals surface area contributed by atoms with Crippen LogP contribution in [0.15, 0.2) is 97.1 Å². The molecule has 1 aliphatic carbocycles. The molecule has 4 unspecified atom stereocenters. The van der Waals surface area contributed by atoms with Crippen LogP contribution in [0.1, 0.15) is 171 Å². The van der Waals surface area contributed by atoms with E-state index in [0.717, 1.165) is 86.6 Å². The van der Waals surface area contributed by atoms with Crippen molar-refractivity contribution in [2.75, 3.05) is 33.5 Å². The lowest BCUT2D eigenvalue weighted by Gasteiger charge is -2.43. The number of rotatable bonds is 32. The Balaban J connectivity index is 1.08. The van der Waals surface area contributed by atoms with E-state index in [-0.39, 0.29) is 47.8 Å². The van der Waals surface area contributed by atoms with Gasteiger partial charge in [-0.3, -0.25) is 9.59 Å². The molecule has 0 heterocycles. The second-order valence-corrected chi connectivity index (χ2v) is 20.5. The van der Waals surface area contributed by atoms with Gasteiger partial charge in [0.05, 0.1) is 6.61 Å². The molecular formula is C60H84O9. The zero-order valence-corrected chi connectivity index (χ0v) is 42.3. The van der Waals surface area contributed by atoms with E-state index in [9.17, 15) is 30.0 Å². The van der Waals surface area contributed by atoms with Crippen LogP contribution in [0.25, 0.3) is 0 Å². The van der Waals surface area contributed by atoms with Crippen molar-refractivity contribution < 1.29 is 44.2 Å². The Hall–Kier alpha value is -4.86. The quantitative estimate of drug-likeness (QED) is 0.0278. The highest BCUT2D eigenvalue weighted by atomic mass is 16.5. The number of Topliss-reactive ketones (excluding diaryl/α,β-unsaturated/α-hetero) is 1. The number of esters is 1. The van der Waals surface area contributed by atoms with Gasteiger partial charge < -0.3 is 34.6 Å². The number of carbonyl (C=O) groups is 2. The first-order chi connectivity index (χ1) is 33.4. The van der Waals surface area contributed by atoms with Crippen molar-refractivity contribution >= 4 is 11.8 Å². The van der Waals surface area contributed by atoms with Gasteiger partial charge in [0.1, 0.15) is 29.6 Å². The van der Waals surface area contributed by atoms with Gasteiger partial charge in [-0.15, -0.1) is 0 Å². The minimum atomic E-state index is -0.524. The number of benzene rings is 4. The summed E-state index contributed by atoms with van der Waals surface area (Å²) in [6.07, 6.45) is 20.6. The van der Waals surface area contributed by atoms with Gasteiger partial charge in [0.15, 0.2) is 5.78 Å². The molecule has 0 bridgehead atoms. The van der Waals surface area contributed by atoms with Crippen LogP contribution < -0.4 is 0 Å². The third-order valence-corrected chi connectivity index (χ3v) is 15.5. The number of phenols is 4. The molecule has 4 N–H and O–H groups in total. The summed E-state index contributed by atoms with van der Waals surface area (Å²) in [4.78, 5) is 26.6. The average Bonchev–Trinajstić information content (AvgIpc) is 3.35. The maximum Gasteiger partial charge on any atom is 0.305 e. The molecule has 0 amide bonds. The number of ketones is 1. The summed E-state index contributed by atoms with van der Waals surface area (Å²) in [5.74, 6) is 2.44. The number of carbonyl (C=O) groups excluding carboxylic acids is 2. The first kappa shape index (κ1) is 55.1. The van der Waals surface area contributed by atoms with Gasteiger partial charge in [-0.05, 0) is 133 Å². The minimum Gasteiger partial charge on any atom is -0.508 e. The molecule has 0 spiro atoms. The molecule has 4 atom stereocenters. The maximum atomic E-state index is 13.6. The Morgan fingerprint density at radius 3 is 1.42 bits per heavy atom. The molecule has 378 valence electrons. The molecule has 0 radical (unpaired) electrons. The van der Waals surface area contributed by atoms with E-state index in [0.29, 0.717) is 56.1 Å². The normalized spacial score (nSPS) is 17.4. The summed E-state index contributed by atoms with van der Waals surface area (Å²) in [6, 6.07) is 28.5. The Morgan fingerprint density at radius 1 is 0.522 bits per heavy atom. The average molecular weight is 949 g/mol. The zero-order valence-electron chi connectivity index (χ0n) is 42.3. The predicted octanol–water partition coefficient (Wildman–Crippen LogP) is 13.9. The van der Waals surface area contributed by atoms with Crippen LogP contribution in [0.4, 0.5) is 0 Å². The summed E-state index contributed by atoms with van der Waals surface area (Å²) in [5, 5.41) is 39.8. The second-order valence-electron chi connectivity index (χ2n) is 20.5. The molecule has 0 aromatic heterocycles. The Bertz CT molecular complexity index is 1970. The van der Waals surface area contributed by atoms with Gasteiger partial charge in [0, 0.05) is 44.0 Å². The third kappa shape index (κ3) is 17.2. The number of methoxy groups -OCH3 is 1. The monoisotopic (exact) mass is 949 g/mol. The van der Waals surface area contributed by atoms with Gasteiger partial charge in [-0.25, -0.2) is 0 Å². The van der Waals surface area contributed by atoms with Crippen LogP contribution in [0.3, 0.4) is 0 Å². The number of hydrogen-bond donors (Lipinski definition) is 4. The van der Waals surface area contributed by atoms with Crippen LogP contribution in [0, 0.1) is 23.7 Å². The standard InChI is InChI=1S/C60H84O9/c1-5-6-7-8-11-14-17-45-19-20-46(42-69-58(66)38-40-60(3,49-25-33-53(63)34-26-49)50-27-35-54(64)36-28-50)56(57(45)44-67-4)18-15-12-9-10-13-16-41-68-43-55(65)37-39-59(2,47-21-29-51(61)30-22-47)48-23-31-52(62)32-24-48/h21-36,45-46,56-57,61-64H,5-20,37-44H2,1-4H3. The third-order valence-electron chi connectivity index (χ3n) is 15.5. The van der Waals surface area contributed by atoms with E-state index in [2.05, 4.69) is 20.8 Å². The molecule has 69 heavy (non-hydrogen) atoms. The van der Waals surface area contributed by atoms with Crippen molar-refractivity contribution in [2.24, 2.45) is 23.7 Å². The van der Waals surface area contributed by atoms with E-state index in [1.807, 2.05) is 55.6 Å². The molecule has 0 saturated heterocycles. The van der Waals surface area contributed by atoms with Crippen LogP contribution in [-0.2, 0) is 34.6 Å². The number of ether oxygens (including phenoxy) is 3. The number of aromatic hydroxyl groups is 4. The fourth-order valence-electron chi connectivity index (χ4n) is 11.0. The van der Waals surface area contributed by atoms with E-state index >= 15 is 0 Å². The largest absolute Gasteiger partial charge is 0.508 e. The van der Waals surface area contributed by atoms with Crippen molar-refractivity contribution in [3.8, 4) is 23.0 Å². The summed E-state index contributed by atoms with van der Waals surface area (Å²) >= 11 is 0. The maximum absolute atomic E-state index is 13.6. The molecule has 0 aliphatic heterocycles. The summed E-state index contributed by atoms with van der Waals surface area (Å²) in [7, 11) is 1.83. The fraction of sp³-hybridized carbons (Fsp3) is 0.567. The highest BCUT2D eigenvalue weighted by Gasteiger charge is 2.39. The summed E-state index contributed by atoms with van der Waals surface area (Å²) in [6.45, 7) is 8.30. The van der Waals surface area contributed by atoms with Crippen molar-refractivity contribution in [2.45, 2.75) is 160 Å². The van der Waals surface area contributed by atoms with E-state index in [1.54, 1.807) is 48.5 Å². The van der Waals surface area contributed by atoms with E-state index in [4.69, 9.17) is 14.2 Å². The lowest BCUT2D eigenvalue weighted by atomic mass is 9.64. The van der Waals surface area contributed by atoms with E-state index in [1.165, 1.54) is 44.9 Å². The van der Waals surface area contributed by atoms with E-state index < -0.39 is 10.8 Å². The van der Waals surface area contributed by atoms with Gasteiger partial charge in [0.25, 0.3) is 0 Å². The smallest absolute Gasteiger partial charge is 0.305 e. The van der Waals surface area contributed by atoms with Crippen LogP contribution in [0.2, 0.25) is 0 Å². The number of phenolic OH excluding ortho intramolecular Hbond substituents is 4. The highest BCUT2D eigenvalue weighted by molar-refractivity contribution is 5.79. The second kappa shape index (κ2) is 28.7. The fourth-order valence-corrected chi connectivity index (χ4v) is 11.0. The molecule has 1 fully saturated rings. The summed E-state index contributed by atoms with van der Waals surface area (Å²) < 4.78 is 18.0. The lowest BCUT2D eigenvalue weighted by Crippen LogP contribution is -2.39. The molecule has 4 aromatic rings. The first-order valence-electron chi connectivity index (χ1n) is 26.3. The van der Waals surface area contributed by atoms with Crippen molar-refractivity contribution in [3.63, 3.8) is 0 Å². The van der Waals surface area contributed by atoms with Crippen molar-refractivity contribution in [1.82, 2.24) is 0 Å². The molecule has 9 nitrogen and oxygen atoms in total. The van der Waals surface area contributed by atoms with Gasteiger partial charge in [-0.2, -0.15) is 0 Å². The Morgan fingerprint density at radius 2 is 0.942 bits per heavy atom. The van der Waals surface area contributed by atoms with Crippen molar-refractivity contribution in [1.29, 1.82) is 0 Å². The van der Waals surface area contributed by atoms with Crippen LogP contribution in [-0.4, -0.2) is 65.7 Å². The number of hydrogen-bond acceptors (Lipinski definition) is 9. The van der Waals surface area contributed by atoms with Gasteiger partial charge in [0.2, 0.25) is 0 Å². The topological polar surface area (TPSA) is 143 Å². The molecule has 4 aromatic carbocycles. The Labute approximate surface area is 414 Å². The molecular weight excluding hydrogens is 865 g/mol. The molecule has 1 saturated carbocycles. The number of unbranched alkanes of at least 4 members (excludes halogenated alkanes) is 10. The highest BCUT2D eigenvalue weighted by Crippen LogP contribution is 2.45. The van der Waals surface area contributed by atoms with Gasteiger partial charge >= 0.3 is 5.97 Å². The van der Waals surface area contributed by atoms with Crippen LogP contribution >= 0.6 is 0 Å². The van der Waals surface area contributed by atoms with Crippen molar-refractivity contribution in [3.05, 3.63) is 119 Å².